The molecule has 8 heteroatoms. The number of fused-ring (bicyclic) bond motifs is 1. The van der Waals surface area contributed by atoms with Crippen LogP contribution in [0.5, 0.6) is 0 Å². The zero-order valence-corrected chi connectivity index (χ0v) is 12.1. The summed E-state index contributed by atoms with van der Waals surface area (Å²) < 4.78 is 38.4. The van der Waals surface area contributed by atoms with Crippen LogP contribution in [0.2, 0.25) is 0 Å². The smallest absolute Gasteiger partial charge is 0.263 e. The first-order valence-corrected chi connectivity index (χ1v) is 8.04. The lowest BCUT2D eigenvalue weighted by Gasteiger charge is -2.09. The second-order valence-electron chi connectivity index (χ2n) is 4.52. The molecule has 1 unspecified atom stereocenters. The Labute approximate surface area is 119 Å². The highest BCUT2D eigenvalue weighted by molar-refractivity contribution is 8.14. The Kier molecular flexibility index (Phi) is 3.75. The summed E-state index contributed by atoms with van der Waals surface area (Å²) in [5.41, 5.74) is 5.52. The zero-order valence-electron chi connectivity index (χ0n) is 10.5. The molecule has 1 heterocycles. The topological polar surface area (TPSA) is 82.2 Å². The molecule has 0 bridgehead atoms. The summed E-state index contributed by atoms with van der Waals surface area (Å²) >= 11 is 0. The molecule has 2 aromatic rings. The second kappa shape index (κ2) is 5.06. The van der Waals surface area contributed by atoms with Crippen molar-refractivity contribution in [2.75, 3.05) is 0 Å². The van der Waals surface area contributed by atoms with Gasteiger partial charge in [-0.3, -0.25) is 4.79 Å². The van der Waals surface area contributed by atoms with Gasteiger partial charge in [-0.25, -0.2) is 12.8 Å². The largest absolute Gasteiger partial charge is 0.369 e. The van der Waals surface area contributed by atoms with Gasteiger partial charge in [0.15, 0.2) is 0 Å². The van der Waals surface area contributed by atoms with E-state index in [2.05, 4.69) is 0 Å². The van der Waals surface area contributed by atoms with Gasteiger partial charge in [-0.2, -0.15) is 0 Å². The fourth-order valence-electron chi connectivity index (χ4n) is 1.99. The molecule has 1 amide bonds. The third-order valence-electron chi connectivity index (χ3n) is 3.04. The Bertz CT molecular complexity index is 785. The Balaban J connectivity index is 2.69. The van der Waals surface area contributed by atoms with Crippen LogP contribution < -0.4 is 5.73 Å². The summed E-state index contributed by atoms with van der Waals surface area (Å²) in [5.74, 6) is -1.74. The Morgan fingerprint density at radius 1 is 1.50 bits per heavy atom. The van der Waals surface area contributed by atoms with E-state index in [4.69, 9.17) is 16.4 Å². The molecule has 108 valence electrons. The van der Waals surface area contributed by atoms with Crippen LogP contribution in [0.15, 0.2) is 29.3 Å². The van der Waals surface area contributed by atoms with Crippen molar-refractivity contribution in [3.05, 3.63) is 30.2 Å². The molecular formula is C12H12ClFN2O3S. The molecule has 1 atom stereocenters. The predicted molar refractivity (Wildman–Crippen MR) is 73.3 cm³/mol. The van der Waals surface area contributed by atoms with Gasteiger partial charge >= 0.3 is 0 Å². The van der Waals surface area contributed by atoms with Crippen molar-refractivity contribution in [3.8, 4) is 0 Å². The number of carbonyl (C=O) groups is 1. The summed E-state index contributed by atoms with van der Waals surface area (Å²) in [7, 11) is 1.23. The lowest BCUT2D eigenvalue weighted by Crippen LogP contribution is -2.24. The van der Waals surface area contributed by atoms with Gasteiger partial charge in [0.1, 0.15) is 10.7 Å². The summed E-state index contributed by atoms with van der Waals surface area (Å²) in [6.07, 6.45) is 1.22. The van der Waals surface area contributed by atoms with Gasteiger partial charge in [0.25, 0.3) is 9.05 Å². The van der Waals surface area contributed by atoms with E-state index < -0.39 is 26.7 Å². The van der Waals surface area contributed by atoms with Crippen LogP contribution in [0, 0.1) is 11.7 Å². The molecule has 0 saturated heterocycles. The zero-order chi connectivity index (χ0) is 15.1. The van der Waals surface area contributed by atoms with E-state index in [1.54, 1.807) is 13.0 Å². The third kappa shape index (κ3) is 2.64. The van der Waals surface area contributed by atoms with Gasteiger partial charge in [-0.1, -0.05) is 13.0 Å². The first-order chi connectivity index (χ1) is 9.21. The number of carbonyl (C=O) groups excluding carboxylic acids is 1. The number of hydrogen-bond donors (Lipinski definition) is 1. The van der Waals surface area contributed by atoms with Gasteiger partial charge in [0, 0.05) is 23.4 Å². The predicted octanol–water partition coefficient (Wildman–Crippen LogP) is 1.83. The van der Waals surface area contributed by atoms with E-state index in [1.165, 1.54) is 16.8 Å². The molecule has 5 nitrogen and oxygen atoms in total. The number of nitrogens with two attached hydrogens (primary N) is 1. The average molecular weight is 319 g/mol. The summed E-state index contributed by atoms with van der Waals surface area (Å²) in [5, 5.41) is -0.0841. The molecule has 20 heavy (non-hydrogen) atoms. The number of benzene rings is 1. The number of nitrogens with zero attached hydrogens (tertiary/aromatic N) is 1. The van der Waals surface area contributed by atoms with Gasteiger partial charge in [0.2, 0.25) is 5.91 Å². The molecule has 1 aromatic heterocycles. The number of aromatic nitrogens is 1. The molecule has 1 aromatic carbocycles. The summed E-state index contributed by atoms with van der Waals surface area (Å²) in [4.78, 5) is 10.8. The van der Waals surface area contributed by atoms with E-state index in [9.17, 15) is 17.6 Å². The molecule has 0 radical (unpaired) electrons. The van der Waals surface area contributed by atoms with E-state index >= 15 is 0 Å². The Morgan fingerprint density at radius 2 is 2.15 bits per heavy atom. The minimum atomic E-state index is -4.09. The van der Waals surface area contributed by atoms with Crippen LogP contribution in [0.3, 0.4) is 0 Å². The highest BCUT2D eigenvalue weighted by atomic mass is 35.7. The number of halogens is 2. The van der Waals surface area contributed by atoms with Crippen molar-refractivity contribution in [1.29, 1.82) is 0 Å². The van der Waals surface area contributed by atoms with Crippen LogP contribution in [0.4, 0.5) is 4.39 Å². The Morgan fingerprint density at radius 3 is 2.70 bits per heavy atom. The van der Waals surface area contributed by atoms with Crippen LogP contribution in [0.25, 0.3) is 10.9 Å². The molecule has 2 N–H and O–H groups in total. The standard InChI is InChI=1S/C12H12ClFN2O3S/c1-7(12(15)17)5-16-6-10(20(13,18)19)11-8(14)3-2-4-9(11)16/h2-4,6-7H,5H2,1H3,(H2,15,17). The van der Waals surface area contributed by atoms with Gasteiger partial charge in [-0.15, -0.1) is 0 Å². The highest BCUT2D eigenvalue weighted by Crippen LogP contribution is 2.30. The maximum atomic E-state index is 13.9. The molecule has 2 rings (SSSR count). The number of hydrogen-bond acceptors (Lipinski definition) is 3. The fraction of sp³-hybridized carbons (Fsp3) is 0.250. The second-order valence-corrected chi connectivity index (χ2v) is 7.06. The molecule has 0 fully saturated rings. The lowest BCUT2D eigenvalue weighted by atomic mass is 10.1. The van der Waals surface area contributed by atoms with Gasteiger partial charge < -0.3 is 10.3 Å². The highest BCUT2D eigenvalue weighted by Gasteiger charge is 2.22. The third-order valence-corrected chi connectivity index (χ3v) is 4.37. The van der Waals surface area contributed by atoms with Gasteiger partial charge in [-0.05, 0) is 12.1 Å². The molecule has 0 aliphatic rings. The first kappa shape index (κ1) is 14.8. The average Bonchev–Trinajstić information content (AvgIpc) is 2.69. The molecule has 0 aliphatic heterocycles. The van der Waals surface area contributed by atoms with Crippen molar-refractivity contribution in [2.45, 2.75) is 18.4 Å². The SMILES string of the molecule is CC(Cn1cc(S(=O)(=O)Cl)c2c(F)cccc21)C(N)=O. The minimum Gasteiger partial charge on any atom is -0.369 e. The minimum absolute atomic E-state index is 0.0841. The first-order valence-electron chi connectivity index (χ1n) is 5.73. The number of amides is 1. The summed E-state index contributed by atoms with van der Waals surface area (Å²) in [6.45, 7) is 1.74. The number of rotatable bonds is 4. The molecule has 0 saturated carbocycles. The van der Waals surface area contributed by atoms with Crippen molar-refractivity contribution in [2.24, 2.45) is 11.7 Å². The van der Waals surface area contributed by atoms with Crippen molar-refractivity contribution in [3.63, 3.8) is 0 Å². The van der Waals surface area contributed by atoms with E-state index in [1.807, 2.05) is 0 Å². The maximum Gasteiger partial charge on any atom is 0.263 e. The summed E-state index contributed by atoms with van der Waals surface area (Å²) in [6, 6.07) is 4.15. The monoisotopic (exact) mass is 318 g/mol. The van der Waals surface area contributed by atoms with E-state index in [0.29, 0.717) is 5.52 Å². The van der Waals surface area contributed by atoms with Gasteiger partial charge in [0.05, 0.1) is 16.8 Å². The van der Waals surface area contributed by atoms with Crippen molar-refractivity contribution in [1.82, 2.24) is 4.57 Å². The van der Waals surface area contributed by atoms with Crippen LogP contribution in [0.1, 0.15) is 6.92 Å². The molecular weight excluding hydrogens is 307 g/mol. The van der Waals surface area contributed by atoms with Crippen molar-refractivity contribution < 1.29 is 17.6 Å². The van der Waals surface area contributed by atoms with Crippen LogP contribution >= 0.6 is 10.7 Å². The van der Waals surface area contributed by atoms with E-state index in [0.717, 1.165) is 6.07 Å². The molecule has 0 aliphatic carbocycles. The quantitative estimate of drug-likeness (QED) is 0.873. The van der Waals surface area contributed by atoms with E-state index in [-0.39, 0.29) is 16.8 Å². The Hall–Kier alpha value is -1.60. The van der Waals surface area contributed by atoms with Crippen LogP contribution in [-0.4, -0.2) is 18.9 Å². The van der Waals surface area contributed by atoms with Crippen molar-refractivity contribution >= 4 is 36.5 Å². The maximum absolute atomic E-state index is 13.9. The molecule has 0 spiro atoms. The fourth-order valence-corrected chi connectivity index (χ4v) is 3.04. The number of primary amides is 1. The normalized spacial score (nSPS) is 13.6. The lowest BCUT2D eigenvalue weighted by molar-refractivity contribution is -0.121. The van der Waals surface area contributed by atoms with Crippen LogP contribution in [-0.2, 0) is 20.4 Å².